The predicted molar refractivity (Wildman–Crippen MR) is 73.0 cm³/mol. The molecule has 0 saturated heterocycles. The number of para-hydroxylation sites is 1. The van der Waals surface area contributed by atoms with Gasteiger partial charge in [-0.25, -0.2) is 0 Å². The fourth-order valence-electron chi connectivity index (χ4n) is 2.16. The number of rotatable bonds is 6. The zero-order chi connectivity index (χ0) is 14.8. The molecule has 1 aromatic carbocycles. The van der Waals surface area contributed by atoms with Crippen molar-refractivity contribution >= 4 is 21.9 Å². The minimum absolute atomic E-state index is 0.100. The molecule has 2 N–H and O–H groups in total. The second-order valence-corrected chi connectivity index (χ2v) is 6.05. The summed E-state index contributed by atoms with van der Waals surface area (Å²) in [7, 11) is -2.30. The smallest absolute Gasteiger partial charge is 0.312 e. The van der Waals surface area contributed by atoms with Crippen molar-refractivity contribution in [3.8, 4) is 0 Å². The lowest BCUT2D eigenvalue weighted by molar-refractivity contribution is -0.138. The van der Waals surface area contributed by atoms with Crippen molar-refractivity contribution in [3.63, 3.8) is 0 Å². The molecule has 7 nitrogen and oxygen atoms in total. The Hall–Kier alpha value is -1.64. The van der Waals surface area contributed by atoms with Crippen LogP contribution in [-0.4, -0.2) is 46.3 Å². The lowest BCUT2D eigenvalue weighted by Crippen LogP contribution is -2.41. The van der Waals surface area contributed by atoms with E-state index in [1.165, 1.54) is 7.11 Å². The van der Waals surface area contributed by atoms with E-state index in [4.69, 9.17) is 4.74 Å². The molecule has 1 heterocycles. The van der Waals surface area contributed by atoms with Crippen LogP contribution in [0.15, 0.2) is 24.3 Å². The average molecular weight is 300 g/mol. The fourth-order valence-corrected chi connectivity index (χ4v) is 3.43. The van der Waals surface area contributed by atoms with Gasteiger partial charge in [-0.05, 0) is 11.6 Å². The molecule has 2 rings (SSSR count). The molecule has 1 unspecified atom stereocenters. The fraction of sp³-hybridized carbons (Fsp3) is 0.417. The number of methoxy groups -OCH3 is 1. The number of nitrogens with one attached hydrogen (secondary N) is 1. The number of fused-ring (bicyclic) bond motifs is 1. The van der Waals surface area contributed by atoms with E-state index in [0.29, 0.717) is 11.3 Å². The molecular weight excluding hydrogens is 284 g/mol. The third-order valence-electron chi connectivity index (χ3n) is 3.11. The van der Waals surface area contributed by atoms with Gasteiger partial charge < -0.3 is 9.84 Å². The van der Waals surface area contributed by atoms with Crippen molar-refractivity contribution in [2.75, 3.05) is 31.1 Å². The molecule has 20 heavy (non-hydrogen) atoms. The first-order chi connectivity index (χ1) is 9.47. The van der Waals surface area contributed by atoms with E-state index >= 15 is 0 Å². The lowest BCUT2D eigenvalue weighted by Gasteiger charge is -2.19. The van der Waals surface area contributed by atoms with Crippen molar-refractivity contribution < 1.29 is 23.1 Å². The number of hydrogen-bond donors (Lipinski definition) is 2. The summed E-state index contributed by atoms with van der Waals surface area (Å²) < 4.78 is 32.7. The van der Waals surface area contributed by atoms with E-state index in [-0.39, 0.29) is 19.7 Å². The molecule has 8 heteroatoms. The van der Waals surface area contributed by atoms with Gasteiger partial charge in [-0.3, -0.25) is 9.10 Å². The quantitative estimate of drug-likeness (QED) is 0.729. The highest BCUT2D eigenvalue weighted by Crippen LogP contribution is 2.37. The number of aliphatic carboxylic acids is 1. The average Bonchev–Trinajstić information content (AvgIpc) is 2.79. The summed E-state index contributed by atoms with van der Waals surface area (Å²) in [5.41, 5.74) is 0.918. The second-order valence-electron chi connectivity index (χ2n) is 4.37. The van der Waals surface area contributed by atoms with E-state index < -0.39 is 22.1 Å². The number of carboxylic acids is 1. The molecule has 1 atom stereocenters. The van der Waals surface area contributed by atoms with Crippen LogP contribution in [0, 0.1) is 0 Å². The van der Waals surface area contributed by atoms with Crippen LogP contribution in [0.3, 0.4) is 0 Å². The monoisotopic (exact) mass is 300 g/mol. The third-order valence-corrected chi connectivity index (χ3v) is 4.60. The minimum Gasteiger partial charge on any atom is -0.481 e. The summed E-state index contributed by atoms with van der Waals surface area (Å²) in [6.45, 7) is 0.281. The van der Waals surface area contributed by atoms with Crippen LogP contribution < -0.4 is 9.03 Å². The Morgan fingerprint density at radius 3 is 2.85 bits per heavy atom. The molecule has 0 aliphatic carbocycles. The Morgan fingerprint density at radius 2 is 2.20 bits per heavy atom. The van der Waals surface area contributed by atoms with Gasteiger partial charge in [0.25, 0.3) is 0 Å². The van der Waals surface area contributed by atoms with Gasteiger partial charge in [0.15, 0.2) is 0 Å². The molecular formula is C12H16N2O5S. The Bertz CT molecular complexity index is 602. The van der Waals surface area contributed by atoms with E-state index in [0.717, 1.165) is 4.31 Å². The highest BCUT2D eigenvalue weighted by molar-refractivity contribution is 7.90. The molecule has 0 radical (unpaired) electrons. The van der Waals surface area contributed by atoms with Gasteiger partial charge in [-0.15, -0.1) is 0 Å². The molecule has 1 aromatic rings. The van der Waals surface area contributed by atoms with Gasteiger partial charge in [0.1, 0.15) is 5.92 Å². The number of benzene rings is 1. The molecule has 0 amide bonds. The maximum atomic E-state index is 12.2. The molecule has 0 bridgehead atoms. The van der Waals surface area contributed by atoms with Crippen LogP contribution in [0.5, 0.6) is 0 Å². The summed E-state index contributed by atoms with van der Waals surface area (Å²) in [5, 5.41) is 9.20. The molecule has 1 aliphatic heterocycles. The first kappa shape index (κ1) is 14.8. The van der Waals surface area contributed by atoms with Crippen molar-refractivity contribution in [3.05, 3.63) is 29.8 Å². The normalized spacial score (nSPS) is 18.1. The van der Waals surface area contributed by atoms with E-state index in [9.17, 15) is 18.3 Å². The summed E-state index contributed by atoms with van der Waals surface area (Å²) >= 11 is 0. The standard InChI is InChI=1S/C12H16N2O5S/c1-19-7-6-13-20(17,18)14-8-10(12(15)16)9-4-2-3-5-11(9)14/h2-5,10,13H,6-8H2,1H3,(H,15,16). The molecule has 0 aromatic heterocycles. The first-order valence-corrected chi connectivity index (χ1v) is 7.49. The van der Waals surface area contributed by atoms with Crippen LogP contribution >= 0.6 is 0 Å². The molecule has 0 fully saturated rings. The maximum absolute atomic E-state index is 12.2. The van der Waals surface area contributed by atoms with Crippen molar-refractivity contribution in [1.82, 2.24) is 4.72 Å². The van der Waals surface area contributed by atoms with E-state index in [1.54, 1.807) is 24.3 Å². The number of nitrogens with zero attached hydrogens (tertiary/aromatic N) is 1. The second kappa shape index (κ2) is 5.78. The number of hydrogen-bond acceptors (Lipinski definition) is 4. The van der Waals surface area contributed by atoms with Crippen LogP contribution in [0.1, 0.15) is 11.5 Å². The van der Waals surface area contributed by atoms with E-state index in [1.807, 2.05) is 0 Å². The first-order valence-electron chi connectivity index (χ1n) is 6.05. The van der Waals surface area contributed by atoms with Crippen molar-refractivity contribution in [2.24, 2.45) is 0 Å². The third kappa shape index (κ3) is 2.77. The van der Waals surface area contributed by atoms with Crippen molar-refractivity contribution in [2.45, 2.75) is 5.92 Å². The van der Waals surface area contributed by atoms with Crippen LogP contribution in [0.4, 0.5) is 5.69 Å². The zero-order valence-corrected chi connectivity index (χ0v) is 11.8. The summed E-state index contributed by atoms with van der Waals surface area (Å²) in [4.78, 5) is 11.2. The van der Waals surface area contributed by atoms with E-state index in [2.05, 4.69) is 4.72 Å². The van der Waals surface area contributed by atoms with Gasteiger partial charge in [0.2, 0.25) is 0 Å². The van der Waals surface area contributed by atoms with Crippen molar-refractivity contribution in [1.29, 1.82) is 0 Å². The molecule has 110 valence electrons. The zero-order valence-electron chi connectivity index (χ0n) is 10.9. The number of anilines is 1. The predicted octanol–water partition coefficient (Wildman–Crippen LogP) is 0.156. The highest BCUT2D eigenvalue weighted by atomic mass is 32.2. The highest BCUT2D eigenvalue weighted by Gasteiger charge is 2.38. The topological polar surface area (TPSA) is 95.9 Å². The Balaban J connectivity index is 2.28. The van der Waals surface area contributed by atoms with Gasteiger partial charge in [-0.2, -0.15) is 13.1 Å². The Kier molecular flexibility index (Phi) is 4.26. The number of carboxylic acid groups (broad SMARTS) is 1. The van der Waals surface area contributed by atoms with Gasteiger partial charge in [0, 0.05) is 13.7 Å². The van der Waals surface area contributed by atoms with Crippen LogP contribution in [0.2, 0.25) is 0 Å². The van der Waals surface area contributed by atoms with Crippen LogP contribution in [0.25, 0.3) is 0 Å². The Labute approximate surface area is 117 Å². The summed E-state index contributed by atoms with van der Waals surface area (Å²) in [6.07, 6.45) is 0. The largest absolute Gasteiger partial charge is 0.481 e. The summed E-state index contributed by atoms with van der Waals surface area (Å²) in [6, 6.07) is 6.62. The number of ether oxygens (including phenoxy) is 1. The molecule has 0 saturated carbocycles. The van der Waals surface area contributed by atoms with Gasteiger partial charge >= 0.3 is 16.2 Å². The molecule has 1 aliphatic rings. The minimum atomic E-state index is -3.77. The SMILES string of the molecule is COCCNS(=O)(=O)N1CC(C(=O)O)c2ccccc21. The molecule has 0 spiro atoms. The van der Waals surface area contributed by atoms with Gasteiger partial charge in [0.05, 0.1) is 18.8 Å². The Morgan fingerprint density at radius 1 is 1.50 bits per heavy atom. The lowest BCUT2D eigenvalue weighted by atomic mass is 10.0. The maximum Gasteiger partial charge on any atom is 0.312 e. The van der Waals surface area contributed by atoms with Gasteiger partial charge in [-0.1, -0.05) is 18.2 Å². The summed E-state index contributed by atoms with van der Waals surface area (Å²) in [5.74, 6) is -1.88. The number of carbonyl (C=O) groups is 1. The van der Waals surface area contributed by atoms with Crippen LogP contribution in [-0.2, 0) is 19.7 Å².